The molecule has 1 aliphatic rings. The monoisotopic (exact) mass is 211 g/mol. The molecule has 80 valence electrons. The largest absolute Gasteiger partial charge is 0.497 e. The number of rotatable bonds is 2. The Hall–Kier alpha value is -2.01. The second kappa shape index (κ2) is 4.67. The van der Waals surface area contributed by atoms with E-state index in [4.69, 9.17) is 10.00 Å². The standard InChI is InChI=1S/C14H13NO/c1-16-14-8-6-13(7-9-14)12-4-2-11(10-15)3-5-12/h2-6,8-9,13H,7H2,1H3. The summed E-state index contributed by atoms with van der Waals surface area (Å²) in [6.45, 7) is 0. The summed E-state index contributed by atoms with van der Waals surface area (Å²) in [7, 11) is 1.68. The van der Waals surface area contributed by atoms with E-state index in [1.807, 2.05) is 30.3 Å². The van der Waals surface area contributed by atoms with E-state index < -0.39 is 0 Å². The maximum atomic E-state index is 8.72. The van der Waals surface area contributed by atoms with Crippen LogP contribution in [0.3, 0.4) is 0 Å². The molecule has 16 heavy (non-hydrogen) atoms. The van der Waals surface area contributed by atoms with Gasteiger partial charge in [0, 0.05) is 5.92 Å². The van der Waals surface area contributed by atoms with Gasteiger partial charge in [-0.15, -0.1) is 0 Å². The van der Waals surface area contributed by atoms with Crippen molar-refractivity contribution in [3.05, 3.63) is 59.4 Å². The third-order valence-corrected chi connectivity index (χ3v) is 2.77. The molecule has 1 atom stereocenters. The molecule has 0 heterocycles. The normalized spacial score (nSPS) is 18.8. The summed E-state index contributed by atoms with van der Waals surface area (Å²) in [5.41, 5.74) is 1.94. The lowest BCUT2D eigenvalue weighted by Crippen LogP contribution is -1.99. The summed E-state index contributed by atoms with van der Waals surface area (Å²) in [4.78, 5) is 0. The summed E-state index contributed by atoms with van der Waals surface area (Å²) in [5, 5.41) is 8.72. The SMILES string of the molecule is COC1=CCC(c2ccc(C#N)cc2)C=C1. The van der Waals surface area contributed by atoms with Gasteiger partial charge in [0.25, 0.3) is 0 Å². The first kappa shape index (κ1) is 10.5. The number of nitrogens with zero attached hydrogens (tertiary/aromatic N) is 1. The van der Waals surface area contributed by atoms with E-state index >= 15 is 0 Å². The third kappa shape index (κ3) is 2.14. The van der Waals surface area contributed by atoms with Crippen molar-refractivity contribution in [1.82, 2.24) is 0 Å². The van der Waals surface area contributed by atoms with Gasteiger partial charge in [0.1, 0.15) is 5.76 Å². The third-order valence-electron chi connectivity index (χ3n) is 2.77. The highest BCUT2D eigenvalue weighted by Gasteiger charge is 2.10. The van der Waals surface area contributed by atoms with Crippen LogP contribution in [0.25, 0.3) is 0 Å². The van der Waals surface area contributed by atoms with Crippen molar-refractivity contribution < 1.29 is 4.74 Å². The van der Waals surface area contributed by atoms with Gasteiger partial charge in [-0.2, -0.15) is 5.26 Å². The number of ether oxygens (including phenoxy) is 1. The summed E-state index contributed by atoms with van der Waals surface area (Å²) >= 11 is 0. The molecule has 0 saturated carbocycles. The predicted molar refractivity (Wildman–Crippen MR) is 62.7 cm³/mol. The van der Waals surface area contributed by atoms with Crippen LogP contribution in [0.1, 0.15) is 23.5 Å². The molecule has 0 saturated heterocycles. The van der Waals surface area contributed by atoms with E-state index in [2.05, 4.69) is 18.2 Å². The van der Waals surface area contributed by atoms with E-state index in [0.717, 1.165) is 12.2 Å². The molecule has 1 unspecified atom stereocenters. The predicted octanol–water partition coefficient (Wildman–Crippen LogP) is 3.13. The lowest BCUT2D eigenvalue weighted by atomic mass is 9.91. The van der Waals surface area contributed by atoms with Crippen LogP contribution >= 0.6 is 0 Å². The lowest BCUT2D eigenvalue weighted by molar-refractivity contribution is 0.303. The van der Waals surface area contributed by atoms with Crippen molar-refractivity contribution in [3.63, 3.8) is 0 Å². The number of hydrogen-bond acceptors (Lipinski definition) is 2. The van der Waals surface area contributed by atoms with Crippen molar-refractivity contribution in [2.24, 2.45) is 0 Å². The van der Waals surface area contributed by atoms with Gasteiger partial charge in [-0.1, -0.05) is 18.2 Å². The van der Waals surface area contributed by atoms with Crippen LogP contribution in [0.5, 0.6) is 0 Å². The zero-order valence-corrected chi connectivity index (χ0v) is 9.18. The minimum atomic E-state index is 0.395. The number of benzene rings is 1. The average molecular weight is 211 g/mol. The van der Waals surface area contributed by atoms with Crippen LogP contribution in [0.4, 0.5) is 0 Å². The number of allylic oxidation sites excluding steroid dienone is 3. The molecule has 0 aromatic heterocycles. The average Bonchev–Trinajstić information content (AvgIpc) is 2.39. The molecule has 0 amide bonds. The van der Waals surface area contributed by atoms with Crippen molar-refractivity contribution >= 4 is 0 Å². The Labute approximate surface area is 95.5 Å². The Balaban J connectivity index is 2.13. The molecule has 2 heteroatoms. The summed E-state index contributed by atoms with van der Waals surface area (Å²) in [5.74, 6) is 1.32. The van der Waals surface area contributed by atoms with E-state index in [1.165, 1.54) is 5.56 Å². The van der Waals surface area contributed by atoms with E-state index in [1.54, 1.807) is 7.11 Å². The second-order valence-corrected chi connectivity index (χ2v) is 3.75. The van der Waals surface area contributed by atoms with Crippen molar-refractivity contribution in [3.8, 4) is 6.07 Å². The van der Waals surface area contributed by atoms with Gasteiger partial charge < -0.3 is 4.74 Å². The Bertz CT molecular complexity index is 463. The zero-order chi connectivity index (χ0) is 11.4. The van der Waals surface area contributed by atoms with Gasteiger partial charge in [0.2, 0.25) is 0 Å². The highest BCUT2D eigenvalue weighted by molar-refractivity contribution is 5.36. The minimum absolute atomic E-state index is 0.395. The first-order valence-electron chi connectivity index (χ1n) is 5.26. The highest BCUT2D eigenvalue weighted by atomic mass is 16.5. The van der Waals surface area contributed by atoms with Gasteiger partial charge in [-0.3, -0.25) is 0 Å². The van der Waals surface area contributed by atoms with Crippen molar-refractivity contribution in [2.45, 2.75) is 12.3 Å². The molecule has 0 N–H and O–H groups in total. The maximum Gasteiger partial charge on any atom is 0.114 e. The number of hydrogen-bond donors (Lipinski definition) is 0. The first-order valence-corrected chi connectivity index (χ1v) is 5.26. The van der Waals surface area contributed by atoms with Crippen LogP contribution in [-0.2, 0) is 4.74 Å². The van der Waals surface area contributed by atoms with Gasteiger partial charge in [-0.25, -0.2) is 0 Å². The summed E-state index contributed by atoms with van der Waals surface area (Å²) in [6, 6.07) is 9.87. The fraction of sp³-hybridized carbons (Fsp3) is 0.214. The zero-order valence-electron chi connectivity index (χ0n) is 9.18. The summed E-state index contributed by atoms with van der Waals surface area (Å²) < 4.78 is 5.14. The minimum Gasteiger partial charge on any atom is -0.497 e. The first-order chi connectivity index (χ1) is 7.83. The smallest absolute Gasteiger partial charge is 0.114 e. The molecule has 0 radical (unpaired) electrons. The van der Waals surface area contributed by atoms with Crippen LogP contribution in [0.15, 0.2) is 48.3 Å². The van der Waals surface area contributed by atoms with Gasteiger partial charge in [-0.05, 0) is 36.3 Å². The Morgan fingerprint density at radius 2 is 2.06 bits per heavy atom. The molecular formula is C14H13NO. The van der Waals surface area contributed by atoms with Crippen LogP contribution in [0, 0.1) is 11.3 Å². The van der Waals surface area contributed by atoms with Crippen molar-refractivity contribution in [2.75, 3.05) is 7.11 Å². The molecule has 0 spiro atoms. The van der Waals surface area contributed by atoms with E-state index in [9.17, 15) is 0 Å². The van der Waals surface area contributed by atoms with Crippen LogP contribution < -0.4 is 0 Å². The Kier molecular flexibility index (Phi) is 3.07. The quantitative estimate of drug-likeness (QED) is 0.752. The topological polar surface area (TPSA) is 33.0 Å². The van der Waals surface area contributed by atoms with Crippen molar-refractivity contribution in [1.29, 1.82) is 5.26 Å². The molecule has 1 aromatic carbocycles. The van der Waals surface area contributed by atoms with Gasteiger partial charge >= 0.3 is 0 Å². The molecule has 0 aliphatic heterocycles. The van der Waals surface area contributed by atoms with Gasteiger partial charge in [0.05, 0.1) is 18.7 Å². The maximum absolute atomic E-state index is 8.72. The van der Waals surface area contributed by atoms with Crippen LogP contribution in [-0.4, -0.2) is 7.11 Å². The fourth-order valence-electron chi connectivity index (χ4n) is 1.80. The Morgan fingerprint density at radius 3 is 2.56 bits per heavy atom. The van der Waals surface area contributed by atoms with E-state index in [0.29, 0.717) is 11.5 Å². The molecule has 1 aliphatic carbocycles. The van der Waals surface area contributed by atoms with Gasteiger partial charge in [0.15, 0.2) is 0 Å². The number of nitriles is 1. The lowest BCUT2D eigenvalue weighted by Gasteiger charge is -2.15. The molecular weight excluding hydrogens is 198 g/mol. The van der Waals surface area contributed by atoms with E-state index in [-0.39, 0.29) is 0 Å². The second-order valence-electron chi connectivity index (χ2n) is 3.75. The molecule has 0 fully saturated rings. The molecule has 0 bridgehead atoms. The highest BCUT2D eigenvalue weighted by Crippen LogP contribution is 2.26. The molecule has 1 aromatic rings. The Morgan fingerprint density at radius 1 is 1.31 bits per heavy atom. The fourth-order valence-corrected chi connectivity index (χ4v) is 1.80. The molecule has 2 rings (SSSR count). The number of methoxy groups -OCH3 is 1. The van der Waals surface area contributed by atoms with Crippen LogP contribution in [0.2, 0.25) is 0 Å². The molecule has 2 nitrogen and oxygen atoms in total. The summed E-state index contributed by atoms with van der Waals surface area (Å²) in [6.07, 6.45) is 7.17.